The van der Waals surface area contributed by atoms with Crippen LogP contribution >= 0.6 is 0 Å². The van der Waals surface area contributed by atoms with E-state index in [2.05, 4.69) is 4.90 Å². The van der Waals surface area contributed by atoms with E-state index >= 15 is 0 Å². The third-order valence-electron chi connectivity index (χ3n) is 3.01. The highest BCUT2D eigenvalue weighted by Crippen LogP contribution is 2.05. The third kappa shape index (κ3) is 5.79. The molecule has 0 saturated carbocycles. The molecule has 1 aliphatic rings. The number of nitrogens with zero attached hydrogens (tertiary/aromatic N) is 2. The summed E-state index contributed by atoms with van der Waals surface area (Å²) in [5.74, 6) is -0.659. The monoisotopic (exact) mass is 277 g/mol. The first kappa shape index (κ1) is 15.4. The van der Waals surface area contributed by atoms with E-state index in [0.29, 0.717) is 19.6 Å². The lowest BCUT2D eigenvalue weighted by molar-refractivity contribution is -0.128. The van der Waals surface area contributed by atoms with E-state index in [4.69, 9.17) is 5.73 Å². The van der Waals surface area contributed by atoms with Gasteiger partial charge in [0.05, 0.1) is 0 Å². The van der Waals surface area contributed by atoms with Crippen molar-refractivity contribution in [3.63, 3.8) is 0 Å². The summed E-state index contributed by atoms with van der Waals surface area (Å²) < 4.78 is 22.2. The lowest BCUT2D eigenvalue weighted by Gasteiger charge is -2.21. The van der Waals surface area contributed by atoms with Crippen molar-refractivity contribution in [2.75, 3.05) is 51.3 Å². The van der Waals surface area contributed by atoms with E-state index in [1.807, 2.05) is 0 Å². The average molecular weight is 277 g/mol. The van der Waals surface area contributed by atoms with Crippen molar-refractivity contribution in [3.8, 4) is 0 Å². The molecule has 0 radical (unpaired) electrons. The van der Waals surface area contributed by atoms with Crippen LogP contribution in [0.4, 0.5) is 0 Å². The molecular weight excluding hydrogens is 254 g/mol. The molecule has 106 valence electrons. The third-order valence-corrected chi connectivity index (χ3v) is 3.78. The quantitative estimate of drug-likeness (QED) is 0.690. The van der Waals surface area contributed by atoms with Gasteiger partial charge in [0.1, 0.15) is 5.75 Å². The van der Waals surface area contributed by atoms with Crippen LogP contribution in [0.3, 0.4) is 0 Å². The molecule has 1 heterocycles. The Morgan fingerprint density at radius 3 is 2.56 bits per heavy atom. The van der Waals surface area contributed by atoms with Crippen LogP contribution in [-0.2, 0) is 14.6 Å². The highest BCUT2D eigenvalue weighted by atomic mass is 32.2. The van der Waals surface area contributed by atoms with Gasteiger partial charge in [0.2, 0.25) is 5.91 Å². The van der Waals surface area contributed by atoms with E-state index < -0.39 is 9.84 Å². The summed E-state index contributed by atoms with van der Waals surface area (Å²) in [6.45, 7) is 4.63. The van der Waals surface area contributed by atoms with Crippen molar-refractivity contribution in [1.29, 1.82) is 0 Å². The fourth-order valence-corrected chi connectivity index (χ4v) is 2.71. The SMILES string of the molecule is CS(=O)(=O)CC(=O)N1CCCN(CCCN)CC1. The first-order chi connectivity index (χ1) is 8.42. The summed E-state index contributed by atoms with van der Waals surface area (Å²) >= 11 is 0. The fraction of sp³-hybridized carbons (Fsp3) is 0.909. The molecule has 0 aromatic heterocycles. The molecule has 6 nitrogen and oxygen atoms in total. The van der Waals surface area contributed by atoms with Gasteiger partial charge in [-0.05, 0) is 32.5 Å². The van der Waals surface area contributed by atoms with Gasteiger partial charge in [-0.2, -0.15) is 0 Å². The second kappa shape index (κ2) is 7.06. The maximum atomic E-state index is 11.8. The molecule has 1 fully saturated rings. The van der Waals surface area contributed by atoms with E-state index in [-0.39, 0.29) is 11.7 Å². The van der Waals surface area contributed by atoms with Crippen LogP contribution in [0.5, 0.6) is 0 Å². The normalized spacial score (nSPS) is 18.7. The Labute approximate surface area is 109 Å². The maximum Gasteiger partial charge on any atom is 0.237 e. The number of sulfone groups is 1. The molecule has 0 bridgehead atoms. The minimum Gasteiger partial charge on any atom is -0.340 e. The summed E-state index contributed by atoms with van der Waals surface area (Å²) in [7, 11) is -3.23. The summed E-state index contributed by atoms with van der Waals surface area (Å²) in [6, 6.07) is 0. The van der Waals surface area contributed by atoms with E-state index in [9.17, 15) is 13.2 Å². The van der Waals surface area contributed by atoms with Gasteiger partial charge in [0.25, 0.3) is 0 Å². The Morgan fingerprint density at radius 1 is 1.22 bits per heavy atom. The van der Waals surface area contributed by atoms with Crippen molar-refractivity contribution in [1.82, 2.24) is 9.80 Å². The number of nitrogens with two attached hydrogens (primary N) is 1. The average Bonchev–Trinajstić information content (AvgIpc) is 2.49. The Bertz CT molecular complexity index is 370. The molecular formula is C11H23N3O3S. The zero-order valence-corrected chi connectivity index (χ0v) is 11.8. The molecule has 18 heavy (non-hydrogen) atoms. The number of hydrogen-bond acceptors (Lipinski definition) is 5. The van der Waals surface area contributed by atoms with Gasteiger partial charge in [0, 0.05) is 25.9 Å². The maximum absolute atomic E-state index is 11.8. The zero-order valence-electron chi connectivity index (χ0n) is 11.0. The molecule has 1 rings (SSSR count). The number of amides is 1. The van der Waals surface area contributed by atoms with Gasteiger partial charge in [-0.1, -0.05) is 0 Å². The minimum absolute atomic E-state index is 0.279. The van der Waals surface area contributed by atoms with Crippen LogP contribution in [0.15, 0.2) is 0 Å². The fourth-order valence-electron chi connectivity index (χ4n) is 2.07. The highest BCUT2D eigenvalue weighted by molar-refractivity contribution is 7.91. The number of carbonyl (C=O) groups is 1. The van der Waals surface area contributed by atoms with Crippen LogP contribution < -0.4 is 5.73 Å². The first-order valence-electron chi connectivity index (χ1n) is 6.30. The van der Waals surface area contributed by atoms with Crippen molar-refractivity contribution in [3.05, 3.63) is 0 Å². The summed E-state index contributed by atoms with van der Waals surface area (Å²) in [6.07, 6.45) is 2.94. The predicted octanol–water partition coefficient (Wildman–Crippen LogP) is -1.09. The lowest BCUT2D eigenvalue weighted by Crippen LogP contribution is -2.38. The van der Waals surface area contributed by atoms with Crippen molar-refractivity contribution in [2.24, 2.45) is 5.73 Å². The largest absolute Gasteiger partial charge is 0.340 e. The summed E-state index contributed by atoms with van der Waals surface area (Å²) in [5.41, 5.74) is 5.47. The Balaban J connectivity index is 2.44. The molecule has 0 aliphatic carbocycles. The van der Waals surface area contributed by atoms with Gasteiger partial charge in [-0.25, -0.2) is 8.42 Å². The second-order valence-electron chi connectivity index (χ2n) is 4.79. The van der Waals surface area contributed by atoms with Crippen molar-refractivity contribution in [2.45, 2.75) is 12.8 Å². The van der Waals surface area contributed by atoms with Crippen molar-refractivity contribution < 1.29 is 13.2 Å². The smallest absolute Gasteiger partial charge is 0.237 e. The molecule has 1 amide bonds. The van der Waals surface area contributed by atoms with Crippen LogP contribution in [-0.4, -0.2) is 75.4 Å². The number of carbonyl (C=O) groups excluding carboxylic acids is 1. The molecule has 0 aromatic carbocycles. The number of hydrogen-bond donors (Lipinski definition) is 1. The Morgan fingerprint density at radius 2 is 1.94 bits per heavy atom. The van der Waals surface area contributed by atoms with Gasteiger partial charge < -0.3 is 15.5 Å². The van der Waals surface area contributed by atoms with Crippen LogP contribution in [0.1, 0.15) is 12.8 Å². The van der Waals surface area contributed by atoms with Crippen LogP contribution in [0, 0.1) is 0 Å². The standard InChI is InChI=1S/C11H23N3O3S/c1-18(16,17)10-11(15)14-7-3-6-13(8-9-14)5-2-4-12/h2-10,12H2,1H3. The van der Waals surface area contributed by atoms with E-state index in [1.165, 1.54) is 0 Å². The molecule has 0 spiro atoms. The van der Waals surface area contributed by atoms with E-state index in [0.717, 1.165) is 38.7 Å². The molecule has 1 saturated heterocycles. The summed E-state index contributed by atoms with van der Waals surface area (Å²) in [5, 5.41) is 0. The van der Waals surface area contributed by atoms with Gasteiger partial charge in [-0.15, -0.1) is 0 Å². The minimum atomic E-state index is -3.23. The van der Waals surface area contributed by atoms with Gasteiger partial charge in [-0.3, -0.25) is 4.79 Å². The second-order valence-corrected chi connectivity index (χ2v) is 6.93. The molecule has 2 N–H and O–H groups in total. The molecule has 7 heteroatoms. The molecule has 0 aromatic rings. The van der Waals surface area contributed by atoms with Crippen LogP contribution in [0.2, 0.25) is 0 Å². The van der Waals surface area contributed by atoms with Crippen molar-refractivity contribution >= 4 is 15.7 Å². The Hall–Kier alpha value is -0.660. The topological polar surface area (TPSA) is 83.7 Å². The molecule has 0 atom stereocenters. The molecule has 1 aliphatic heterocycles. The zero-order chi connectivity index (χ0) is 13.6. The lowest BCUT2D eigenvalue weighted by atomic mass is 10.3. The van der Waals surface area contributed by atoms with Gasteiger partial charge in [0.15, 0.2) is 9.84 Å². The summed E-state index contributed by atoms with van der Waals surface area (Å²) in [4.78, 5) is 15.7. The molecule has 0 unspecified atom stereocenters. The van der Waals surface area contributed by atoms with Gasteiger partial charge >= 0.3 is 0 Å². The number of rotatable bonds is 5. The van der Waals surface area contributed by atoms with E-state index in [1.54, 1.807) is 4.90 Å². The Kier molecular flexibility index (Phi) is 6.04. The predicted molar refractivity (Wildman–Crippen MR) is 71.0 cm³/mol. The highest BCUT2D eigenvalue weighted by Gasteiger charge is 2.21. The van der Waals surface area contributed by atoms with Crippen LogP contribution in [0.25, 0.3) is 0 Å². The first-order valence-corrected chi connectivity index (χ1v) is 8.36.